The smallest absolute Gasteiger partial charge is 0.356 e. The van der Waals surface area contributed by atoms with Gasteiger partial charge in [0.15, 0.2) is 5.69 Å². The Kier molecular flexibility index (Phi) is 4.87. The molecule has 5 nitrogen and oxygen atoms in total. The molecule has 0 spiro atoms. The van der Waals surface area contributed by atoms with Crippen molar-refractivity contribution in [1.29, 1.82) is 0 Å². The lowest BCUT2D eigenvalue weighted by molar-refractivity contribution is 0.0690. The first kappa shape index (κ1) is 16.1. The molecule has 0 unspecified atom stereocenters. The first-order valence-corrected chi connectivity index (χ1v) is 6.67. The van der Waals surface area contributed by atoms with Gasteiger partial charge in [-0.2, -0.15) is 0 Å². The molecule has 0 aliphatic carbocycles. The summed E-state index contributed by atoms with van der Waals surface area (Å²) >= 11 is 0. The maximum Gasteiger partial charge on any atom is 0.356 e. The third-order valence-corrected chi connectivity index (χ3v) is 2.92. The van der Waals surface area contributed by atoms with Crippen molar-refractivity contribution in [2.45, 2.75) is 46.1 Å². The van der Waals surface area contributed by atoms with Crippen LogP contribution in [0.15, 0.2) is 18.9 Å². The van der Waals surface area contributed by atoms with Gasteiger partial charge in [-0.3, -0.25) is 0 Å². The molecule has 0 atom stereocenters. The summed E-state index contributed by atoms with van der Waals surface area (Å²) in [6, 6.07) is 0. The van der Waals surface area contributed by atoms with Crippen LogP contribution in [0.5, 0.6) is 0 Å². The molecule has 1 heterocycles. The Bertz CT molecular complexity index is 504. The molecule has 5 heteroatoms. The van der Waals surface area contributed by atoms with Crippen molar-refractivity contribution in [2.75, 3.05) is 11.4 Å². The number of hydrogen-bond donors (Lipinski definition) is 1. The quantitative estimate of drug-likeness (QED) is 0.838. The Hall–Kier alpha value is -1.91. The number of rotatable bonds is 5. The summed E-state index contributed by atoms with van der Waals surface area (Å²) < 4.78 is 0. The zero-order valence-corrected chi connectivity index (χ0v) is 12.8. The first-order chi connectivity index (χ1) is 9.18. The van der Waals surface area contributed by atoms with Crippen molar-refractivity contribution in [2.24, 2.45) is 0 Å². The topological polar surface area (TPSA) is 66.3 Å². The number of carboxylic acid groups (broad SMARTS) is 1. The van der Waals surface area contributed by atoms with E-state index in [4.69, 9.17) is 0 Å². The lowest BCUT2D eigenvalue weighted by Gasteiger charge is -2.37. The minimum absolute atomic E-state index is 0.0421. The van der Waals surface area contributed by atoms with Crippen molar-refractivity contribution in [3.8, 4) is 0 Å². The normalized spacial score (nSPS) is 11.5. The molecule has 0 saturated heterocycles. The number of carbonyl (C=O) groups is 1. The van der Waals surface area contributed by atoms with Crippen molar-refractivity contribution in [3.05, 3.63) is 30.4 Å². The van der Waals surface area contributed by atoms with Gasteiger partial charge in [-0.15, -0.1) is 6.58 Å². The molecule has 20 heavy (non-hydrogen) atoms. The number of aromatic nitrogens is 2. The summed E-state index contributed by atoms with van der Waals surface area (Å²) in [5, 5.41) is 9.41. The second-order valence-corrected chi connectivity index (χ2v) is 5.99. The summed E-state index contributed by atoms with van der Waals surface area (Å²) in [7, 11) is 0. The van der Waals surface area contributed by atoms with Crippen LogP contribution < -0.4 is 4.90 Å². The Balaban J connectivity index is 3.41. The lowest BCUT2D eigenvalue weighted by Crippen LogP contribution is -2.42. The molecule has 0 saturated carbocycles. The highest BCUT2D eigenvalue weighted by Crippen LogP contribution is 2.27. The van der Waals surface area contributed by atoms with E-state index in [1.54, 1.807) is 12.3 Å². The minimum Gasteiger partial charge on any atom is -0.476 e. The largest absolute Gasteiger partial charge is 0.476 e. The van der Waals surface area contributed by atoms with Crippen LogP contribution in [-0.4, -0.2) is 33.1 Å². The van der Waals surface area contributed by atoms with E-state index in [0.29, 0.717) is 18.1 Å². The van der Waals surface area contributed by atoms with Gasteiger partial charge < -0.3 is 10.0 Å². The van der Waals surface area contributed by atoms with E-state index in [1.807, 2.05) is 39.5 Å². The standard InChI is InChI=1S/C15H23N3O2/c1-7-8-18(15(4,5)6)11-9-16-13(10(2)3)17-12(11)14(19)20/h7,9-10H,1,8H2,2-6H3,(H,19,20). The fourth-order valence-corrected chi connectivity index (χ4v) is 1.88. The SMILES string of the molecule is C=CCN(c1cnc(C(C)C)nc1C(=O)O)C(C)(C)C. The van der Waals surface area contributed by atoms with Crippen molar-refractivity contribution < 1.29 is 9.90 Å². The molecule has 0 aliphatic rings. The Morgan fingerprint density at radius 2 is 2.10 bits per heavy atom. The number of nitrogens with zero attached hydrogens (tertiary/aromatic N) is 3. The molecule has 110 valence electrons. The summed E-state index contributed by atoms with van der Waals surface area (Å²) in [5.41, 5.74) is 0.316. The fourth-order valence-electron chi connectivity index (χ4n) is 1.88. The van der Waals surface area contributed by atoms with Gasteiger partial charge in [-0.1, -0.05) is 19.9 Å². The van der Waals surface area contributed by atoms with E-state index in [9.17, 15) is 9.90 Å². The van der Waals surface area contributed by atoms with Crippen molar-refractivity contribution in [3.63, 3.8) is 0 Å². The first-order valence-electron chi connectivity index (χ1n) is 6.67. The highest BCUT2D eigenvalue weighted by Gasteiger charge is 2.27. The van der Waals surface area contributed by atoms with Crippen LogP contribution in [0.25, 0.3) is 0 Å². The van der Waals surface area contributed by atoms with E-state index in [0.717, 1.165) is 0 Å². The number of anilines is 1. The molecule has 1 rings (SSSR count). The Labute approximate surface area is 120 Å². The van der Waals surface area contributed by atoms with Gasteiger partial charge in [0.05, 0.1) is 11.9 Å². The van der Waals surface area contributed by atoms with Gasteiger partial charge >= 0.3 is 5.97 Å². The Morgan fingerprint density at radius 1 is 1.50 bits per heavy atom. The van der Waals surface area contributed by atoms with E-state index >= 15 is 0 Å². The van der Waals surface area contributed by atoms with E-state index in [2.05, 4.69) is 16.5 Å². The third kappa shape index (κ3) is 3.56. The minimum atomic E-state index is -1.04. The van der Waals surface area contributed by atoms with Gasteiger partial charge in [0.1, 0.15) is 5.82 Å². The summed E-state index contributed by atoms with van der Waals surface area (Å²) in [4.78, 5) is 21.9. The average molecular weight is 277 g/mol. The van der Waals surface area contributed by atoms with E-state index in [-0.39, 0.29) is 17.2 Å². The highest BCUT2D eigenvalue weighted by molar-refractivity contribution is 5.92. The number of aromatic carboxylic acids is 1. The van der Waals surface area contributed by atoms with Gasteiger partial charge in [0.25, 0.3) is 0 Å². The molecular weight excluding hydrogens is 254 g/mol. The summed E-state index contributed by atoms with van der Waals surface area (Å²) in [6.07, 6.45) is 3.34. The van der Waals surface area contributed by atoms with Crippen LogP contribution in [0.3, 0.4) is 0 Å². The number of hydrogen-bond acceptors (Lipinski definition) is 4. The van der Waals surface area contributed by atoms with E-state index in [1.165, 1.54) is 0 Å². The molecule has 0 amide bonds. The van der Waals surface area contributed by atoms with Crippen LogP contribution in [0.1, 0.15) is 56.8 Å². The molecule has 0 radical (unpaired) electrons. The predicted octanol–water partition coefficient (Wildman–Crippen LogP) is 3.09. The maximum atomic E-state index is 11.5. The molecule has 1 aromatic heterocycles. The number of carboxylic acids is 1. The second kappa shape index (κ2) is 6.03. The van der Waals surface area contributed by atoms with Crippen LogP contribution in [0.4, 0.5) is 5.69 Å². The molecular formula is C15H23N3O2. The molecule has 0 aliphatic heterocycles. The summed E-state index contributed by atoms with van der Waals surface area (Å²) in [6.45, 7) is 14.2. The van der Waals surface area contributed by atoms with Crippen LogP contribution in [0.2, 0.25) is 0 Å². The van der Waals surface area contributed by atoms with Crippen LogP contribution in [-0.2, 0) is 0 Å². The van der Waals surface area contributed by atoms with Crippen molar-refractivity contribution in [1.82, 2.24) is 9.97 Å². The van der Waals surface area contributed by atoms with Gasteiger partial charge in [-0.25, -0.2) is 14.8 Å². The monoisotopic (exact) mass is 277 g/mol. The van der Waals surface area contributed by atoms with Gasteiger partial charge in [-0.05, 0) is 20.8 Å². The zero-order chi connectivity index (χ0) is 15.5. The van der Waals surface area contributed by atoms with Gasteiger partial charge in [0, 0.05) is 18.0 Å². The molecule has 0 fully saturated rings. The van der Waals surface area contributed by atoms with Crippen LogP contribution >= 0.6 is 0 Å². The molecule has 1 N–H and O–H groups in total. The summed E-state index contributed by atoms with van der Waals surface area (Å²) in [5.74, 6) is -0.411. The third-order valence-electron chi connectivity index (χ3n) is 2.92. The lowest BCUT2D eigenvalue weighted by atomic mass is 10.0. The van der Waals surface area contributed by atoms with Gasteiger partial charge in [0.2, 0.25) is 0 Å². The predicted molar refractivity (Wildman–Crippen MR) is 80.4 cm³/mol. The van der Waals surface area contributed by atoms with Crippen LogP contribution in [0, 0.1) is 0 Å². The zero-order valence-electron chi connectivity index (χ0n) is 12.8. The highest BCUT2D eigenvalue weighted by atomic mass is 16.4. The van der Waals surface area contributed by atoms with Crippen molar-refractivity contribution >= 4 is 11.7 Å². The molecule has 0 aromatic carbocycles. The average Bonchev–Trinajstić information content (AvgIpc) is 2.33. The maximum absolute atomic E-state index is 11.5. The second-order valence-electron chi connectivity index (χ2n) is 5.99. The Morgan fingerprint density at radius 3 is 2.50 bits per heavy atom. The fraction of sp³-hybridized carbons (Fsp3) is 0.533. The molecule has 1 aromatic rings. The molecule has 0 bridgehead atoms. The van der Waals surface area contributed by atoms with E-state index < -0.39 is 5.97 Å².